The Balaban J connectivity index is 1.54. The lowest BCUT2D eigenvalue weighted by molar-refractivity contribution is 0.0977. The summed E-state index contributed by atoms with van der Waals surface area (Å²) in [5, 5.41) is 15.1. The first-order chi connectivity index (χ1) is 14.0. The molecule has 1 heterocycles. The molecule has 0 aliphatic carbocycles. The molecule has 0 atom stereocenters. The molecule has 0 unspecified atom stereocenters. The normalized spacial score (nSPS) is 10.7. The smallest absolute Gasteiger partial charge is 0.257 e. The van der Waals surface area contributed by atoms with E-state index in [1.54, 1.807) is 29.1 Å². The third kappa shape index (κ3) is 4.11. The van der Waals surface area contributed by atoms with E-state index in [-0.39, 0.29) is 11.0 Å². The number of aromatic nitrogens is 3. The van der Waals surface area contributed by atoms with E-state index >= 15 is 0 Å². The van der Waals surface area contributed by atoms with Crippen LogP contribution in [0.1, 0.15) is 15.9 Å². The predicted octanol–water partition coefficient (Wildman–Crippen LogP) is 4.51. The maximum absolute atomic E-state index is 12.4. The second kappa shape index (κ2) is 7.98. The van der Waals surface area contributed by atoms with Gasteiger partial charge in [0.1, 0.15) is 11.0 Å². The number of fused-ring (bicyclic) bond motifs is 1. The lowest BCUT2D eigenvalue weighted by Gasteiger charge is -2.11. The number of benzene rings is 3. The molecule has 6 nitrogen and oxygen atoms in total. The van der Waals surface area contributed by atoms with Crippen LogP contribution in [0.4, 0.5) is 5.69 Å². The summed E-state index contributed by atoms with van der Waals surface area (Å²) in [7, 11) is 0. The Kier molecular flexibility index (Phi) is 5.24. The predicted molar refractivity (Wildman–Crippen MR) is 119 cm³/mol. The quantitative estimate of drug-likeness (QED) is 0.476. The van der Waals surface area contributed by atoms with Crippen molar-refractivity contribution >= 4 is 51.6 Å². The van der Waals surface area contributed by atoms with Crippen LogP contribution in [0.3, 0.4) is 0 Å². The topological polar surface area (TPSA) is 71.8 Å². The number of aryl methyl sites for hydroxylation is 1. The fraction of sp³-hybridized carbons (Fsp3) is 0.0476. The zero-order valence-electron chi connectivity index (χ0n) is 15.4. The molecule has 4 aromatic rings. The lowest BCUT2D eigenvalue weighted by Crippen LogP contribution is -2.34. The van der Waals surface area contributed by atoms with Gasteiger partial charge in [-0.25, -0.2) is 0 Å². The van der Waals surface area contributed by atoms with Crippen LogP contribution in [0.25, 0.3) is 16.7 Å². The Morgan fingerprint density at radius 3 is 2.38 bits per heavy atom. The van der Waals surface area contributed by atoms with Gasteiger partial charge < -0.3 is 5.32 Å². The number of thiocarbonyl (C=S) groups is 1. The van der Waals surface area contributed by atoms with Crippen LogP contribution < -0.4 is 10.6 Å². The van der Waals surface area contributed by atoms with Gasteiger partial charge in [0.25, 0.3) is 5.91 Å². The highest BCUT2D eigenvalue weighted by Crippen LogP contribution is 2.27. The Labute approximate surface area is 177 Å². The lowest BCUT2D eigenvalue weighted by atomic mass is 10.1. The van der Waals surface area contributed by atoms with E-state index in [4.69, 9.17) is 23.8 Å². The van der Waals surface area contributed by atoms with Crippen LogP contribution in [-0.4, -0.2) is 26.0 Å². The van der Waals surface area contributed by atoms with Gasteiger partial charge >= 0.3 is 0 Å². The summed E-state index contributed by atoms with van der Waals surface area (Å²) in [5.41, 5.74) is 4.10. The van der Waals surface area contributed by atoms with E-state index in [1.165, 1.54) is 0 Å². The summed E-state index contributed by atoms with van der Waals surface area (Å²) in [5.74, 6) is -0.284. The number of carbonyl (C=O) groups is 1. The summed E-state index contributed by atoms with van der Waals surface area (Å²) in [6, 6.07) is 20.3. The van der Waals surface area contributed by atoms with Gasteiger partial charge in [-0.1, -0.05) is 48.0 Å². The van der Waals surface area contributed by atoms with Gasteiger partial charge in [0.05, 0.1) is 16.4 Å². The Bertz CT molecular complexity index is 1220. The third-order valence-electron chi connectivity index (χ3n) is 4.32. The maximum Gasteiger partial charge on any atom is 0.257 e. The van der Waals surface area contributed by atoms with Crippen LogP contribution in [0.15, 0.2) is 66.7 Å². The van der Waals surface area contributed by atoms with Crippen LogP contribution >= 0.6 is 23.8 Å². The van der Waals surface area contributed by atoms with Crippen LogP contribution in [0.2, 0.25) is 5.02 Å². The number of anilines is 1. The van der Waals surface area contributed by atoms with Crippen molar-refractivity contribution in [1.29, 1.82) is 0 Å². The molecule has 2 N–H and O–H groups in total. The van der Waals surface area contributed by atoms with Crippen molar-refractivity contribution in [2.75, 3.05) is 5.32 Å². The molecule has 0 aliphatic heterocycles. The number of carbonyl (C=O) groups excluding carboxylic acids is 1. The molecule has 144 valence electrons. The molecule has 3 aromatic carbocycles. The van der Waals surface area contributed by atoms with Crippen molar-refractivity contribution in [3.63, 3.8) is 0 Å². The average molecular weight is 422 g/mol. The Hall–Kier alpha value is -3.29. The van der Waals surface area contributed by atoms with Gasteiger partial charge in [0.2, 0.25) is 0 Å². The zero-order valence-corrected chi connectivity index (χ0v) is 17.0. The minimum Gasteiger partial charge on any atom is -0.331 e. The van der Waals surface area contributed by atoms with E-state index in [2.05, 4.69) is 20.8 Å². The minimum atomic E-state index is -0.284. The highest BCUT2D eigenvalue weighted by molar-refractivity contribution is 7.80. The standard InChI is InChI=1S/C21H16ClN5OS/c1-13-7-5-6-10-15(13)20(28)24-21(29)23-17-12-19-18(11-16(17)22)25-27(26-19)14-8-3-2-4-9-14/h2-12H,1H3,(H2,23,24,28,29). The fourth-order valence-electron chi connectivity index (χ4n) is 2.86. The summed E-state index contributed by atoms with van der Waals surface area (Å²) in [6.45, 7) is 1.87. The summed E-state index contributed by atoms with van der Waals surface area (Å²) in [4.78, 5) is 14.0. The van der Waals surface area contributed by atoms with Gasteiger partial charge in [0, 0.05) is 5.56 Å². The number of rotatable bonds is 3. The zero-order chi connectivity index (χ0) is 20.4. The van der Waals surface area contributed by atoms with E-state index in [1.807, 2.05) is 49.4 Å². The van der Waals surface area contributed by atoms with Crippen molar-refractivity contribution in [1.82, 2.24) is 20.3 Å². The van der Waals surface area contributed by atoms with Crippen LogP contribution in [-0.2, 0) is 0 Å². The molecule has 0 saturated carbocycles. The van der Waals surface area contributed by atoms with Crippen molar-refractivity contribution in [2.45, 2.75) is 6.92 Å². The number of amides is 1. The highest BCUT2D eigenvalue weighted by atomic mass is 35.5. The summed E-state index contributed by atoms with van der Waals surface area (Å²) < 4.78 is 0. The molecule has 4 rings (SSSR count). The number of halogens is 1. The molecular formula is C21H16ClN5OS. The van der Waals surface area contributed by atoms with E-state index in [9.17, 15) is 4.79 Å². The van der Waals surface area contributed by atoms with E-state index in [0.29, 0.717) is 27.3 Å². The Morgan fingerprint density at radius 1 is 1.00 bits per heavy atom. The molecule has 1 aromatic heterocycles. The van der Waals surface area contributed by atoms with Gasteiger partial charge in [-0.05, 0) is 55.0 Å². The van der Waals surface area contributed by atoms with Crippen molar-refractivity contribution in [2.24, 2.45) is 0 Å². The molecule has 0 radical (unpaired) electrons. The largest absolute Gasteiger partial charge is 0.331 e. The first-order valence-corrected chi connectivity index (χ1v) is 9.60. The number of para-hydroxylation sites is 1. The molecule has 0 fully saturated rings. The SMILES string of the molecule is Cc1ccccc1C(=O)NC(=S)Nc1cc2nn(-c3ccccc3)nc2cc1Cl. The first kappa shape index (κ1) is 19.0. The molecule has 29 heavy (non-hydrogen) atoms. The number of hydrogen-bond acceptors (Lipinski definition) is 4. The molecule has 0 spiro atoms. The third-order valence-corrected chi connectivity index (χ3v) is 4.84. The van der Waals surface area contributed by atoms with Gasteiger partial charge in [-0.2, -0.15) is 4.80 Å². The maximum atomic E-state index is 12.4. The minimum absolute atomic E-state index is 0.148. The number of nitrogens with zero attached hydrogens (tertiary/aromatic N) is 3. The molecule has 0 bridgehead atoms. The molecule has 1 amide bonds. The van der Waals surface area contributed by atoms with Crippen LogP contribution in [0.5, 0.6) is 0 Å². The van der Waals surface area contributed by atoms with Gasteiger partial charge in [0.15, 0.2) is 5.11 Å². The van der Waals surface area contributed by atoms with Crippen LogP contribution in [0, 0.1) is 6.92 Å². The first-order valence-electron chi connectivity index (χ1n) is 8.81. The summed E-state index contributed by atoms with van der Waals surface area (Å²) in [6.07, 6.45) is 0. The molecule has 0 saturated heterocycles. The van der Waals surface area contributed by atoms with E-state index in [0.717, 1.165) is 11.3 Å². The monoisotopic (exact) mass is 421 g/mol. The molecule has 8 heteroatoms. The average Bonchev–Trinajstić information content (AvgIpc) is 3.12. The van der Waals surface area contributed by atoms with Crippen molar-refractivity contribution in [3.8, 4) is 5.69 Å². The number of hydrogen-bond donors (Lipinski definition) is 2. The number of nitrogens with one attached hydrogen (secondary N) is 2. The highest BCUT2D eigenvalue weighted by Gasteiger charge is 2.13. The van der Waals surface area contributed by atoms with Gasteiger partial charge in [-0.15, -0.1) is 10.2 Å². The molecule has 0 aliphatic rings. The van der Waals surface area contributed by atoms with E-state index < -0.39 is 0 Å². The molecular weight excluding hydrogens is 406 g/mol. The van der Waals surface area contributed by atoms with Crippen molar-refractivity contribution in [3.05, 3.63) is 82.9 Å². The summed E-state index contributed by atoms with van der Waals surface area (Å²) >= 11 is 11.6. The Morgan fingerprint density at radius 2 is 1.66 bits per heavy atom. The fourth-order valence-corrected chi connectivity index (χ4v) is 3.27. The van der Waals surface area contributed by atoms with Gasteiger partial charge in [-0.3, -0.25) is 10.1 Å². The second-order valence-electron chi connectivity index (χ2n) is 6.37. The van der Waals surface area contributed by atoms with Crippen molar-refractivity contribution < 1.29 is 4.79 Å². The second-order valence-corrected chi connectivity index (χ2v) is 7.18.